The molecule has 4 nitrogen and oxygen atoms in total. The summed E-state index contributed by atoms with van der Waals surface area (Å²) in [6.07, 6.45) is 9.32. The zero-order valence-electron chi connectivity index (χ0n) is 12.1. The van der Waals surface area contributed by atoms with E-state index >= 15 is 0 Å². The molecule has 4 heteroatoms. The molecule has 1 heterocycles. The van der Waals surface area contributed by atoms with E-state index in [1.54, 1.807) is 0 Å². The number of carbonyl (C=O) groups excluding carboxylic acids is 1. The van der Waals surface area contributed by atoms with Gasteiger partial charge in [0.25, 0.3) is 5.91 Å². The van der Waals surface area contributed by atoms with Crippen LogP contribution in [0.3, 0.4) is 0 Å². The molecule has 110 valence electrons. The molecular formula is C15H28N2O2. The lowest BCUT2D eigenvalue weighted by atomic mass is 10.1. The Labute approximate surface area is 116 Å². The van der Waals surface area contributed by atoms with Crippen LogP contribution < -0.4 is 5.73 Å². The van der Waals surface area contributed by atoms with Gasteiger partial charge >= 0.3 is 0 Å². The minimum absolute atomic E-state index is 0.124. The lowest BCUT2D eigenvalue weighted by Gasteiger charge is -2.33. The molecule has 2 N–H and O–H groups in total. The highest BCUT2D eigenvalue weighted by Crippen LogP contribution is 2.21. The second kappa shape index (κ2) is 7.25. The summed E-state index contributed by atoms with van der Waals surface area (Å²) < 4.78 is 5.99. The third kappa shape index (κ3) is 4.46. The summed E-state index contributed by atoms with van der Waals surface area (Å²) >= 11 is 0. The van der Waals surface area contributed by atoms with Crippen LogP contribution in [-0.2, 0) is 9.53 Å². The summed E-state index contributed by atoms with van der Waals surface area (Å²) in [6, 6.07) is 0.141. The monoisotopic (exact) mass is 268 g/mol. The van der Waals surface area contributed by atoms with Gasteiger partial charge in [-0.3, -0.25) is 4.79 Å². The Morgan fingerprint density at radius 3 is 2.47 bits per heavy atom. The zero-order chi connectivity index (χ0) is 13.7. The summed E-state index contributed by atoms with van der Waals surface area (Å²) in [6.45, 7) is 3.43. The van der Waals surface area contributed by atoms with Gasteiger partial charge in [-0.15, -0.1) is 0 Å². The predicted molar refractivity (Wildman–Crippen MR) is 75.8 cm³/mol. The van der Waals surface area contributed by atoms with Crippen molar-refractivity contribution in [2.45, 2.75) is 76.5 Å². The molecule has 2 atom stereocenters. The maximum Gasteiger partial charge on any atom is 0.251 e. The maximum atomic E-state index is 12.3. The van der Waals surface area contributed by atoms with E-state index in [1.165, 1.54) is 25.7 Å². The molecule has 1 saturated heterocycles. The number of carbonyl (C=O) groups is 1. The molecule has 2 unspecified atom stereocenters. The summed E-state index contributed by atoms with van der Waals surface area (Å²) in [5, 5.41) is 0. The fraction of sp³-hybridized carbons (Fsp3) is 0.933. The van der Waals surface area contributed by atoms with Crippen LogP contribution in [0.15, 0.2) is 0 Å². The van der Waals surface area contributed by atoms with E-state index in [-0.39, 0.29) is 24.2 Å². The van der Waals surface area contributed by atoms with Gasteiger partial charge in [-0.1, -0.05) is 25.7 Å². The number of likely N-dealkylation sites (tertiary alicyclic amines) is 1. The van der Waals surface area contributed by atoms with E-state index in [2.05, 4.69) is 0 Å². The molecule has 2 aliphatic rings. The van der Waals surface area contributed by atoms with Gasteiger partial charge in [0.2, 0.25) is 0 Å². The molecule has 0 radical (unpaired) electrons. The van der Waals surface area contributed by atoms with Gasteiger partial charge in [0, 0.05) is 19.1 Å². The van der Waals surface area contributed by atoms with Gasteiger partial charge < -0.3 is 15.4 Å². The molecule has 0 spiro atoms. The second-order valence-electron chi connectivity index (χ2n) is 6.08. The maximum absolute atomic E-state index is 12.3. The van der Waals surface area contributed by atoms with Gasteiger partial charge in [0.05, 0.1) is 6.10 Å². The Hall–Kier alpha value is -0.610. The third-order valence-corrected chi connectivity index (χ3v) is 4.32. The Kier molecular flexibility index (Phi) is 5.64. The number of hydrogen-bond donors (Lipinski definition) is 1. The molecule has 0 aromatic heterocycles. The quantitative estimate of drug-likeness (QED) is 0.797. The van der Waals surface area contributed by atoms with Crippen molar-refractivity contribution in [2.24, 2.45) is 5.73 Å². The summed E-state index contributed by atoms with van der Waals surface area (Å²) in [4.78, 5) is 14.2. The van der Waals surface area contributed by atoms with Crippen LogP contribution in [0, 0.1) is 0 Å². The van der Waals surface area contributed by atoms with Crippen molar-refractivity contribution in [3.8, 4) is 0 Å². The normalized spacial score (nSPS) is 27.9. The highest BCUT2D eigenvalue weighted by molar-refractivity contribution is 5.80. The Balaban J connectivity index is 1.80. The first-order valence-corrected chi connectivity index (χ1v) is 7.86. The van der Waals surface area contributed by atoms with Crippen LogP contribution in [0.1, 0.15) is 58.3 Å². The fourth-order valence-corrected chi connectivity index (χ4v) is 3.19. The summed E-state index contributed by atoms with van der Waals surface area (Å²) in [5.41, 5.74) is 5.93. The van der Waals surface area contributed by atoms with Crippen molar-refractivity contribution < 1.29 is 9.53 Å². The lowest BCUT2D eigenvalue weighted by Crippen LogP contribution is -2.49. The number of ether oxygens (including phenoxy) is 1. The number of amides is 1. The lowest BCUT2D eigenvalue weighted by molar-refractivity contribution is -0.147. The summed E-state index contributed by atoms with van der Waals surface area (Å²) in [5.74, 6) is 0.124. The largest absolute Gasteiger partial charge is 0.365 e. The highest BCUT2D eigenvalue weighted by atomic mass is 16.5. The van der Waals surface area contributed by atoms with Gasteiger partial charge in [0.1, 0.15) is 6.10 Å². The first kappa shape index (κ1) is 14.8. The highest BCUT2D eigenvalue weighted by Gasteiger charge is 2.27. The minimum atomic E-state index is -0.312. The Bertz CT molecular complexity index is 288. The molecule has 2 fully saturated rings. The number of piperidine rings is 1. The number of rotatable bonds is 3. The molecule has 2 rings (SSSR count). The first-order chi connectivity index (χ1) is 9.16. The van der Waals surface area contributed by atoms with E-state index in [0.717, 1.165) is 32.2 Å². The topological polar surface area (TPSA) is 55.6 Å². The van der Waals surface area contributed by atoms with Crippen LogP contribution in [0.25, 0.3) is 0 Å². The number of nitrogens with two attached hydrogens (primary N) is 1. The fourth-order valence-electron chi connectivity index (χ4n) is 3.19. The van der Waals surface area contributed by atoms with Crippen LogP contribution in [-0.4, -0.2) is 42.1 Å². The van der Waals surface area contributed by atoms with Crippen LogP contribution in [0.4, 0.5) is 0 Å². The average Bonchev–Trinajstić information content (AvgIpc) is 2.66. The standard InChI is InChI=1S/C15H28N2O2/c1-12(19-14-8-4-2-3-5-9-14)15(18)17-10-6-7-13(16)11-17/h12-14H,2-11,16H2,1H3. The number of hydrogen-bond acceptors (Lipinski definition) is 3. The van der Waals surface area contributed by atoms with E-state index < -0.39 is 0 Å². The van der Waals surface area contributed by atoms with Crippen LogP contribution in [0.5, 0.6) is 0 Å². The average molecular weight is 268 g/mol. The molecule has 0 aromatic carbocycles. The van der Waals surface area contributed by atoms with Gasteiger partial charge in [-0.25, -0.2) is 0 Å². The molecule has 0 bridgehead atoms. The third-order valence-electron chi connectivity index (χ3n) is 4.32. The van der Waals surface area contributed by atoms with E-state index in [0.29, 0.717) is 6.54 Å². The molecule has 1 amide bonds. The van der Waals surface area contributed by atoms with Gasteiger partial charge in [0.15, 0.2) is 0 Å². The van der Waals surface area contributed by atoms with E-state index in [9.17, 15) is 4.79 Å². The molecule has 0 aromatic rings. The smallest absolute Gasteiger partial charge is 0.251 e. The minimum Gasteiger partial charge on any atom is -0.365 e. The zero-order valence-corrected chi connectivity index (χ0v) is 12.1. The van der Waals surface area contributed by atoms with E-state index in [1.807, 2.05) is 11.8 Å². The van der Waals surface area contributed by atoms with Crippen molar-refractivity contribution in [1.29, 1.82) is 0 Å². The van der Waals surface area contributed by atoms with Crippen molar-refractivity contribution in [1.82, 2.24) is 4.90 Å². The van der Waals surface area contributed by atoms with Crippen molar-refractivity contribution in [3.05, 3.63) is 0 Å². The Morgan fingerprint density at radius 1 is 1.16 bits per heavy atom. The Morgan fingerprint density at radius 2 is 1.84 bits per heavy atom. The molecular weight excluding hydrogens is 240 g/mol. The molecule has 19 heavy (non-hydrogen) atoms. The summed E-state index contributed by atoms with van der Waals surface area (Å²) in [7, 11) is 0. The molecule has 1 saturated carbocycles. The van der Waals surface area contributed by atoms with Crippen molar-refractivity contribution in [2.75, 3.05) is 13.1 Å². The number of nitrogens with zero attached hydrogens (tertiary/aromatic N) is 1. The molecule has 1 aliphatic carbocycles. The van der Waals surface area contributed by atoms with Crippen LogP contribution >= 0.6 is 0 Å². The van der Waals surface area contributed by atoms with Crippen molar-refractivity contribution >= 4 is 5.91 Å². The molecule has 1 aliphatic heterocycles. The predicted octanol–water partition coefficient (Wildman–Crippen LogP) is 2.06. The van der Waals surface area contributed by atoms with Gasteiger partial charge in [-0.2, -0.15) is 0 Å². The van der Waals surface area contributed by atoms with Crippen LogP contribution in [0.2, 0.25) is 0 Å². The SMILES string of the molecule is CC(OC1CCCCCC1)C(=O)N1CCCC(N)C1. The first-order valence-electron chi connectivity index (χ1n) is 7.86. The second-order valence-corrected chi connectivity index (χ2v) is 6.08. The van der Waals surface area contributed by atoms with E-state index in [4.69, 9.17) is 10.5 Å². The van der Waals surface area contributed by atoms with Crippen molar-refractivity contribution in [3.63, 3.8) is 0 Å². The van der Waals surface area contributed by atoms with Gasteiger partial charge in [-0.05, 0) is 32.6 Å².